The lowest BCUT2D eigenvalue weighted by Crippen LogP contribution is -2.81. The lowest BCUT2D eigenvalue weighted by atomic mass is 9.76. The molecule has 0 fully saturated rings. The molecule has 0 spiro atoms. The van der Waals surface area contributed by atoms with Crippen molar-refractivity contribution in [1.82, 2.24) is 0 Å². The van der Waals surface area contributed by atoms with Crippen molar-refractivity contribution in [3.8, 4) is 11.8 Å². The van der Waals surface area contributed by atoms with Crippen molar-refractivity contribution in [1.29, 1.82) is 0 Å². The molecule has 0 aromatic heterocycles. The first kappa shape index (κ1) is 20.2. The lowest BCUT2D eigenvalue weighted by molar-refractivity contribution is -0.671. The molecule has 0 unspecified atom stereocenters. The van der Waals surface area contributed by atoms with Crippen LogP contribution < -0.4 is 5.32 Å². The molecule has 0 saturated carbocycles. The van der Waals surface area contributed by atoms with Gasteiger partial charge in [-0.3, -0.25) is 0 Å². The Balaban J connectivity index is 1.89. The molecule has 0 aliphatic heterocycles. The Morgan fingerprint density at radius 2 is 1.93 bits per heavy atom. The summed E-state index contributed by atoms with van der Waals surface area (Å²) >= 11 is 12.4. The minimum absolute atomic E-state index is 0.356. The number of methoxy groups -OCH3 is 1. The van der Waals surface area contributed by atoms with Crippen molar-refractivity contribution in [2.45, 2.75) is 37.6 Å². The van der Waals surface area contributed by atoms with Gasteiger partial charge in [0.25, 0.3) is 0 Å². The normalized spacial score (nSPS) is 18.5. The fraction of sp³-hybridized carbons (Fsp3) is 0.391. The number of nitrogens with two attached hydrogens (primary N) is 1. The monoisotopic (exact) mass is 402 g/mol. The van der Waals surface area contributed by atoms with E-state index in [0.29, 0.717) is 22.0 Å². The van der Waals surface area contributed by atoms with Crippen molar-refractivity contribution in [2.75, 3.05) is 20.8 Å². The number of ether oxygens (including phenoxy) is 1. The summed E-state index contributed by atoms with van der Waals surface area (Å²) < 4.78 is 5.08. The fourth-order valence-corrected chi connectivity index (χ4v) is 4.15. The zero-order valence-electron chi connectivity index (χ0n) is 15.9. The molecule has 0 radical (unpaired) electrons. The first-order chi connectivity index (χ1) is 13.1. The van der Waals surface area contributed by atoms with E-state index in [9.17, 15) is 0 Å². The number of benzene rings is 2. The average Bonchev–Trinajstić information content (AvgIpc) is 2.69. The van der Waals surface area contributed by atoms with Gasteiger partial charge in [-0.2, -0.15) is 0 Å². The van der Waals surface area contributed by atoms with E-state index in [0.717, 1.165) is 37.9 Å². The van der Waals surface area contributed by atoms with Gasteiger partial charge in [0, 0.05) is 43.6 Å². The number of hydrogen-bond acceptors (Lipinski definition) is 1. The smallest absolute Gasteiger partial charge is 0.112 e. The predicted molar refractivity (Wildman–Crippen MR) is 113 cm³/mol. The summed E-state index contributed by atoms with van der Waals surface area (Å²) in [6.07, 6.45) is 4.08. The average molecular weight is 403 g/mol. The SMILES string of the molecule is C[NH2+][C@H]1CC[C@@H](c2ccc(Cl)c(Cl)c2)c2ccc(C#CCCCOC)cc21. The molecule has 1 aliphatic rings. The van der Waals surface area contributed by atoms with Gasteiger partial charge in [0.05, 0.1) is 17.1 Å². The van der Waals surface area contributed by atoms with Crippen LogP contribution in [0.2, 0.25) is 10.0 Å². The molecular weight excluding hydrogens is 377 g/mol. The van der Waals surface area contributed by atoms with Crippen molar-refractivity contribution in [3.63, 3.8) is 0 Å². The van der Waals surface area contributed by atoms with Gasteiger partial charge in [0.2, 0.25) is 0 Å². The van der Waals surface area contributed by atoms with E-state index in [4.69, 9.17) is 27.9 Å². The van der Waals surface area contributed by atoms with Gasteiger partial charge < -0.3 is 10.1 Å². The molecule has 2 atom stereocenters. The maximum atomic E-state index is 6.27. The first-order valence-corrected chi connectivity index (χ1v) is 10.3. The molecule has 0 saturated heterocycles. The summed E-state index contributed by atoms with van der Waals surface area (Å²) in [5.41, 5.74) is 5.10. The number of unbranched alkanes of at least 4 members (excludes halogenated alkanes) is 1. The first-order valence-electron chi connectivity index (χ1n) is 9.50. The third-order valence-electron chi connectivity index (χ3n) is 5.26. The van der Waals surface area contributed by atoms with Crippen LogP contribution in [0.25, 0.3) is 0 Å². The van der Waals surface area contributed by atoms with Crippen molar-refractivity contribution >= 4 is 23.2 Å². The Kier molecular flexibility index (Phi) is 7.21. The van der Waals surface area contributed by atoms with Crippen LogP contribution in [0.1, 0.15) is 59.9 Å². The summed E-state index contributed by atoms with van der Waals surface area (Å²) in [6.45, 7) is 0.761. The molecule has 1 aliphatic carbocycles. The lowest BCUT2D eigenvalue weighted by Gasteiger charge is -2.30. The highest BCUT2D eigenvalue weighted by Gasteiger charge is 2.30. The summed E-state index contributed by atoms with van der Waals surface area (Å²) in [5, 5.41) is 3.54. The minimum atomic E-state index is 0.356. The third kappa shape index (κ3) is 4.86. The number of fused-ring (bicyclic) bond motifs is 1. The zero-order valence-corrected chi connectivity index (χ0v) is 17.4. The van der Waals surface area contributed by atoms with Crippen LogP contribution in [-0.4, -0.2) is 20.8 Å². The molecule has 2 N–H and O–H groups in total. The fourth-order valence-electron chi connectivity index (χ4n) is 3.84. The van der Waals surface area contributed by atoms with Gasteiger partial charge in [-0.1, -0.05) is 47.2 Å². The van der Waals surface area contributed by atoms with Crippen LogP contribution in [0.15, 0.2) is 36.4 Å². The topological polar surface area (TPSA) is 25.8 Å². The van der Waals surface area contributed by atoms with E-state index in [-0.39, 0.29) is 0 Å². The number of hydrogen-bond donors (Lipinski definition) is 1. The molecule has 27 heavy (non-hydrogen) atoms. The van der Waals surface area contributed by atoms with Crippen molar-refractivity contribution in [3.05, 3.63) is 68.7 Å². The predicted octanol–water partition coefficient (Wildman–Crippen LogP) is 4.93. The zero-order chi connectivity index (χ0) is 19.2. The van der Waals surface area contributed by atoms with Crippen LogP contribution in [-0.2, 0) is 4.74 Å². The molecule has 0 bridgehead atoms. The Bertz CT molecular complexity index is 853. The van der Waals surface area contributed by atoms with E-state index in [1.165, 1.54) is 16.7 Å². The quantitative estimate of drug-likeness (QED) is 0.556. The maximum absolute atomic E-state index is 6.27. The summed E-state index contributed by atoms with van der Waals surface area (Å²) in [5.74, 6) is 6.93. The summed E-state index contributed by atoms with van der Waals surface area (Å²) in [4.78, 5) is 0. The highest BCUT2D eigenvalue weighted by atomic mass is 35.5. The Morgan fingerprint density at radius 3 is 2.67 bits per heavy atom. The number of halogens is 2. The molecule has 0 heterocycles. The van der Waals surface area contributed by atoms with E-state index in [2.05, 4.69) is 48.5 Å². The Morgan fingerprint density at radius 1 is 1.07 bits per heavy atom. The van der Waals surface area contributed by atoms with Crippen LogP contribution in [0.5, 0.6) is 0 Å². The van der Waals surface area contributed by atoms with Crippen LogP contribution in [0.3, 0.4) is 0 Å². The van der Waals surface area contributed by atoms with E-state index in [1.54, 1.807) is 7.11 Å². The van der Waals surface area contributed by atoms with Gasteiger partial charge in [-0.05, 0) is 48.2 Å². The number of quaternary nitrogens is 1. The maximum Gasteiger partial charge on any atom is 0.112 e. The molecule has 2 nitrogen and oxygen atoms in total. The molecule has 3 rings (SSSR count). The van der Waals surface area contributed by atoms with Crippen LogP contribution in [0, 0.1) is 11.8 Å². The molecule has 2 aromatic rings. The largest absolute Gasteiger partial charge is 0.385 e. The van der Waals surface area contributed by atoms with E-state index in [1.807, 2.05) is 12.1 Å². The van der Waals surface area contributed by atoms with Gasteiger partial charge >= 0.3 is 0 Å². The molecule has 4 heteroatoms. The van der Waals surface area contributed by atoms with Crippen LogP contribution >= 0.6 is 23.2 Å². The van der Waals surface area contributed by atoms with Gasteiger partial charge in [-0.25, -0.2) is 0 Å². The summed E-state index contributed by atoms with van der Waals surface area (Å²) in [7, 11) is 3.87. The van der Waals surface area contributed by atoms with Gasteiger partial charge in [0.15, 0.2) is 0 Å². The Hall–Kier alpha value is -1.50. The molecule has 0 amide bonds. The second kappa shape index (κ2) is 9.62. The van der Waals surface area contributed by atoms with Crippen molar-refractivity contribution < 1.29 is 10.1 Å². The second-order valence-electron chi connectivity index (χ2n) is 6.99. The van der Waals surface area contributed by atoms with Crippen LogP contribution in [0.4, 0.5) is 0 Å². The second-order valence-corrected chi connectivity index (χ2v) is 7.80. The Labute approximate surface area is 172 Å². The molecular formula is C23H26Cl2NO+. The van der Waals surface area contributed by atoms with Gasteiger partial charge in [-0.15, -0.1) is 0 Å². The van der Waals surface area contributed by atoms with E-state index >= 15 is 0 Å². The third-order valence-corrected chi connectivity index (χ3v) is 6.00. The molecule has 142 valence electrons. The highest BCUT2D eigenvalue weighted by molar-refractivity contribution is 6.42. The van der Waals surface area contributed by atoms with Gasteiger partial charge in [0.1, 0.15) is 6.04 Å². The highest BCUT2D eigenvalue weighted by Crippen LogP contribution is 2.41. The minimum Gasteiger partial charge on any atom is -0.385 e. The number of rotatable bonds is 5. The van der Waals surface area contributed by atoms with E-state index < -0.39 is 0 Å². The van der Waals surface area contributed by atoms with Crippen molar-refractivity contribution in [2.24, 2.45) is 0 Å². The molecule has 2 aromatic carbocycles. The standard InChI is InChI=1S/C23H25Cl2NO/c1-26-23-12-10-18(17-8-11-21(24)22(25)15-17)19-9-7-16(14-20(19)23)6-4-3-5-13-27-2/h7-9,11,14-15,18,23,26H,3,5,10,12-13H2,1-2H3/p+1/t18-,23-/m0/s1. The summed E-state index contributed by atoms with van der Waals surface area (Å²) in [6, 6.07) is 13.2.